The van der Waals surface area contributed by atoms with Crippen molar-refractivity contribution in [3.05, 3.63) is 89.4 Å². The molecule has 1 fully saturated rings. The number of aliphatic hydroxyl groups is 1. The van der Waals surface area contributed by atoms with Crippen LogP contribution in [0.3, 0.4) is 0 Å². The Balaban J connectivity index is 1.24. The van der Waals surface area contributed by atoms with E-state index in [1.54, 1.807) is 36.4 Å². The number of aliphatic hydroxyl groups excluding tert-OH is 1. The van der Waals surface area contributed by atoms with Crippen LogP contribution in [0.1, 0.15) is 44.9 Å². The summed E-state index contributed by atoms with van der Waals surface area (Å²) >= 11 is 0. The van der Waals surface area contributed by atoms with E-state index in [4.69, 9.17) is 4.42 Å². The van der Waals surface area contributed by atoms with Crippen molar-refractivity contribution in [3.63, 3.8) is 0 Å². The van der Waals surface area contributed by atoms with Crippen molar-refractivity contribution in [1.29, 1.82) is 0 Å². The quantitative estimate of drug-likeness (QED) is 0.531. The van der Waals surface area contributed by atoms with E-state index in [1.165, 1.54) is 11.8 Å². The molecule has 3 N–H and O–H groups in total. The van der Waals surface area contributed by atoms with E-state index in [-0.39, 0.29) is 23.7 Å². The van der Waals surface area contributed by atoms with Crippen molar-refractivity contribution in [2.45, 2.75) is 32.0 Å². The van der Waals surface area contributed by atoms with Crippen LogP contribution in [0, 0.1) is 0 Å². The van der Waals surface area contributed by atoms with E-state index in [0.717, 1.165) is 38.0 Å². The Morgan fingerprint density at radius 1 is 0.938 bits per heavy atom. The van der Waals surface area contributed by atoms with E-state index in [1.807, 2.05) is 12.1 Å². The Morgan fingerprint density at radius 2 is 1.62 bits per heavy atom. The van der Waals surface area contributed by atoms with Crippen molar-refractivity contribution >= 4 is 17.5 Å². The Bertz CT molecular complexity index is 1020. The molecule has 2 amide bonds. The highest BCUT2D eigenvalue weighted by Crippen LogP contribution is 2.15. The smallest absolute Gasteiger partial charge is 0.291 e. The van der Waals surface area contributed by atoms with Crippen LogP contribution in [0.4, 0.5) is 5.69 Å². The maximum atomic E-state index is 12.5. The molecule has 0 unspecified atom stereocenters. The van der Waals surface area contributed by atoms with E-state index in [9.17, 15) is 14.7 Å². The Labute approximate surface area is 187 Å². The molecule has 32 heavy (non-hydrogen) atoms. The highest BCUT2D eigenvalue weighted by Gasteiger charge is 2.16. The molecule has 1 aliphatic rings. The lowest BCUT2D eigenvalue weighted by atomic mass is 10.1. The summed E-state index contributed by atoms with van der Waals surface area (Å²) in [7, 11) is 0. The van der Waals surface area contributed by atoms with Gasteiger partial charge in [-0.1, -0.05) is 24.3 Å². The number of nitrogens with zero attached hydrogens (tertiary/aromatic N) is 1. The third-order valence-corrected chi connectivity index (χ3v) is 5.59. The van der Waals surface area contributed by atoms with Gasteiger partial charge >= 0.3 is 0 Å². The molecule has 2 heterocycles. The number of likely N-dealkylation sites (tertiary alicyclic amines) is 1. The van der Waals surface area contributed by atoms with Crippen molar-refractivity contribution in [2.24, 2.45) is 0 Å². The zero-order valence-electron chi connectivity index (χ0n) is 17.8. The topological polar surface area (TPSA) is 94.8 Å². The van der Waals surface area contributed by atoms with E-state index < -0.39 is 0 Å². The second kappa shape index (κ2) is 10.3. The van der Waals surface area contributed by atoms with Crippen molar-refractivity contribution in [3.8, 4) is 0 Å². The number of furan rings is 1. The number of carbonyl (C=O) groups is 2. The highest BCUT2D eigenvalue weighted by atomic mass is 16.3. The predicted octanol–water partition coefficient (Wildman–Crippen LogP) is 3.42. The Kier molecular flexibility index (Phi) is 6.99. The monoisotopic (exact) mass is 433 g/mol. The molecule has 166 valence electrons. The predicted molar refractivity (Wildman–Crippen MR) is 121 cm³/mol. The van der Waals surface area contributed by atoms with Crippen molar-refractivity contribution in [2.75, 3.05) is 18.4 Å². The molecule has 7 nitrogen and oxygen atoms in total. The van der Waals surface area contributed by atoms with Crippen LogP contribution in [0.2, 0.25) is 0 Å². The zero-order valence-corrected chi connectivity index (χ0v) is 17.8. The number of amides is 2. The number of nitrogens with one attached hydrogen (secondary N) is 2. The summed E-state index contributed by atoms with van der Waals surface area (Å²) in [5, 5.41) is 15.3. The lowest BCUT2D eigenvalue weighted by Crippen LogP contribution is -2.35. The highest BCUT2D eigenvalue weighted by molar-refractivity contribution is 6.02. The fraction of sp³-hybridized carbons (Fsp3) is 0.280. The second-order valence-electron chi connectivity index (χ2n) is 8.02. The fourth-order valence-electron chi connectivity index (χ4n) is 3.69. The van der Waals surface area contributed by atoms with Gasteiger partial charge in [0.05, 0.1) is 12.4 Å². The lowest BCUT2D eigenvalue weighted by Gasteiger charge is -2.29. The van der Waals surface area contributed by atoms with Gasteiger partial charge in [0, 0.05) is 37.4 Å². The van der Waals surface area contributed by atoms with Gasteiger partial charge in [0.15, 0.2) is 5.76 Å². The molecular weight excluding hydrogens is 406 g/mol. The first kappa shape index (κ1) is 21.8. The first-order chi connectivity index (χ1) is 15.6. The largest absolute Gasteiger partial charge is 0.459 e. The molecule has 0 aliphatic carbocycles. The number of hydrogen-bond acceptors (Lipinski definition) is 5. The Hall–Kier alpha value is -3.42. The summed E-state index contributed by atoms with van der Waals surface area (Å²) in [6.45, 7) is 3.16. The molecule has 1 aromatic heterocycles. The molecule has 4 rings (SSSR count). The summed E-state index contributed by atoms with van der Waals surface area (Å²) in [6.07, 6.45) is 2.95. The SMILES string of the molecule is O=C(NCc1ccc(CN2CCC(O)CC2)cc1)c1ccc(NC(=O)c2ccco2)cc1. The van der Waals surface area contributed by atoms with Gasteiger partial charge < -0.3 is 20.2 Å². The molecule has 1 aliphatic heterocycles. The summed E-state index contributed by atoms with van der Waals surface area (Å²) in [4.78, 5) is 26.8. The molecule has 7 heteroatoms. The summed E-state index contributed by atoms with van der Waals surface area (Å²) in [5.74, 6) is -0.286. The lowest BCUT2D eigenvalue weighted by molar-refractivity contribution is 0.0792. The first-order valence-corrected chi connectivity index (χ1v) is 10.8. The molecule has 2 aromatic carbocycles. The molecular formula is C25H27N3O4. The van der Waals surface area contributed by atoms with Crippen LogP contribution in [-0.4, -0.2) is 41.0 Å². The number of hydrogen-bond donors (Lipinski definition) is 3. The van der Waals surface area contributed by atoms with Gasteiger partial charge in [0.25, 0.3) is 11.8 Å². The van der Waals surface area contributed by atoms with Gasteiger partial charge in [-0.25, -0.2) is 0 Å². The number of rotatable bonds is 7. The van der Waals surface area contributed by atoms with Crippen LogP contribution in [0.5, 0.6) is 0 Å². The van der Waals surface area contributed by atoms with Gasteiger partial charge in [-0.15, -0.1) is 0 Å². The van der Waals surface area contributed by atoms with Crippen LogP contribution in [0.25, 0.3) is 0 Å². The number of carbonyl (C=O) groups excluding carboxylic acids is 2. The van der Waals surface area contributed by atoms with Gasteiger partial charge in [0.1, 0.15) is 0 Å². The summed E-state index contributed by atoms with van der Waals surface area (Å²) in [6, 6.07) is 18.2. The zero-order chi connectivity index (χ0) is 22.3. The Morgan fingerprint density at radius 3 is 2.28 bits per heavy atom. The third-order valence-electron chi connectivity index (χ3n) is 5.59. The van der Waals surface area contributed by atoms with Gasteiger partial charge in [-0.3, -0.25) is 14.5 Å². The van der Waals surface area contributed by atoms with Gasteiger partial charge in [-0.2, -0.15) is 0 Å². The van der Waals surface area contributed by atoms with E-state index in [0.29, 0.717) is 17.8 Å². The van der Waals surface area contributed by atoms with Crippen LogP contribution in [-0.2, 0) is 13.1 Å². The maximum absolute atomic E-state index is 12.5. The second-order valence-corrected chi connectivity index (χ2v) is 8.02. The minimum Gasteiger partial charge on any atom is -0.459 e. The fourth-order valence-corrected chi connectivity index (χ4v) is 3.69. The minimum absolute atomic E-state index is 0.158. The average Bonchev–Trinajstić information content (AvgIpc) is 3.36. The van der Waals surface area contributed by atoms with Crippen molar-refractivity contribution in [1.82, 2.24) is 10.2 Å². The molecule has 0 bridgehead atoms. The van der Waals surface area contributed by atoms with Crippen LogP contribution < -0.4 is 10.6 Å². The molecule has 0 radical (unpaired) electrons. The standard InChI is InChI=1S/C25H27N3O4/c29-22-11-13-28(14-12-22)17-19-5-3-18(4-6-19)16-26-24(30)20-7-9-21(10-8-20)27-25(31)23-2-1-15-32-23/h1-10,15,22,29H,11-14,16-17H2,(H,26,30)(H,27,31). The van der Waals surface area contributed by atoms with Crippen LogP contribution >= 0.6 is 0 Å². The summed E-state index contributed by atoms with van der Waals surface area (Å²) in [5.41, 5.74) is 3.36. The average molecular weight is 434 g/mol. The van der Waals surface area contributed by atoms with Gasteiger partial charge in [0.2, 0.25) is 0 Å². The number of benzene rings is 2. The number of anilines is 1. The minimum atomic E-state index is -0.339. The van der Waals surface area contributed by atoms with Crippen LogP contribution in [0.15, 0.2) is 71.3 Å². The van der Waals surface area contributed by atoms with E-state index >= 15 is 0 Å². The first-order valence-electron chi connectivity index (χ1n) is 10.8. The molecule has 3 aromatic rings. The molecule has 0 saturated carbocycles. The molecule has 0 atom stereocenters. The molecule has 0 spiro atoms. The third kappa shape index (κ3) is 5.84. The maximum Gasteiger partial charge on any atom is 0.291 e. The molecule has 1 saturated heterocycles. The van der Waals surface area contributed by atoms with E-state index in [2.05, 4.69) is 27.7 Å². The van der Waals surface area contributed by atoms with Crippen molar-refractivity contribution < 1.29 is 19.1 Å². The normalized spacial score (nSPS) is 14.8. The summed E-state index contributed by atoms with van der Waals surface area (Å²) < 4.78 is 5.06. The van der Waals surface area contributed by atoms with Gasteiger partial charge in [-0.05, 0) is 60.4 Å². The number of piperidine rings is 1.